The fourth-order valence-electron chi connectivity index (χ4n) is 2.85. The molecule has 0 aliphatic carbocycles. The second-order valence-corrected chi connectivity index (χ2v) is 7.24. The minimum atomic E-state index is -0.390. The van der Waals surface area contributed by atoms with Crippen LogP contribution in [0.25, 0.3) is 0 Å². The highest BCUT2D eigenvalue weighted by molar-refractivity contribution is 7.98. The quantitative estimate of drug-likeness (QED) is 0.336. The van der Waals surface area contributed by atoms with Crippen LogP contribution in [-0.2, 0) is 0 Å². The van der Waals surface area contributed by atoms with Gasteiger partial charge in [-0.25, -0.2) is 4.98 Å². The molecule has 0 unspecified atom stereocenters. The molecule has 0 bridgehead atoms. The number of nitrogen functional groups attached to an aromatic ring is 1. The summed E-state index contributed by atoms with van der Waals surface area (Å²) < 4.78 is 0. The molecule has 144 valence electrons. The molecule has 1 aromatic heterocycles. The van der Waals surface area contributed by atoms with Crippen LogP contribution in [0.4, 0.5) is 11.4 Å². The lowest BCUT2D eigenvalue weighted by Gasteiger charge is -2.12. The van der Waals surface area contributed by atoms with Crippen LogP contribution < -0.4 is 11.1 Å². The Kier molecular flexibility index (Phi) is 5.96. The summed E-state index contributed by atoms with van der Waals surface area (Å²) in [6.45, 7) is 1.73. The smallest absolute Gasteiger partial charge is 0.274 e. The van der Waals surface area contributed by atoms with E-state index in [1.807, 2.05) is 36.6 Å². The van der Waals surface area contributed by atoms with Gasteiger partial charge in [-0.15, -0.1) is 11.8 Å². The minimum absolute atomic E-state index is 0.241. The first-order valence-electron chi connectivity index (χ1n) is 8.74. The molecule has 0 aliphatic heterocycles. The Morgan fingerprint density at radius 1 is 1.24 bits per heavy atom. The molecule has 0 spiro atoms. The van der Waals surface area contributed by atoms with Gasteiger partial charge in [-0.05, 0) is 55.1 Å². The summed E-state index contributed by atoms with van der Waals surface area (Å²) in [6, 6.07) is 16.3. The summed E-state index contributed by atoms with van der Waals surface area (Å²) in [5, 5.41) is 20.3. The number of hydrogen-bond acceptors (Lipinski definition) is 6. The molecule has 7 heteroatoms. The molecule has 3 aromatic rings. The first-order chi connectivity index (χ1) is 13.9. The lowest BCUT2D eigenvalue weighted by molar-refractivity contribution is 0.102. The minimum Gasteiger partial charge on any atom is -0.398 e. The van der Waals surface area contributed by atoms with Gasteiger partial charge in [0.25, 0.3) is 5.91 Å². The Hall–Kier alpha value is -3.63. The fraction of sp³-hybridized carbons (Fsp3) is 0.0909. The van der Waals surface area contributed by atoms with Gasteiger partial charge < -0.3 is 11.1 Å². The maximum absolute atomic E-state index is 12.6. The topological polar surface area (TPSA) is 116 Å². The summed E-state index contributed by atoms with van der Waals surface area (Å²) in [5.41, 5.74) is 9.87. The molecule has 0 saturated heterocycles. The van der Waals surface area contributed by atoms with Crippen molar-refractivity contribution in [3.05, 3.63) is 82.7 Å². The third kappa shape index (κ3) is 4.45. The summed E-state index contributed by atoms with van der Waals surface area (Å²) in [4.78, 5) is 17.7. The van der Waals surface area contributed by atoms with Gasteiger partial charge in [0.05, 0.1) is 11.3 Å². The zero-order chi connectivity index (χ0) is 21.0. The van der Waals surface area contributed by atoms with Gasteiger partial charge in [0.2, 0.25) is 0 Å². The molecule has 0 saturated carbocycles. The highest BCUT2D eigenvalue weighted by atomic mass is 32.2. The van der Waals surface area contributed by atoms with Crippen LogP contribution in [0, 0.1) is 23.7 Å². The van der Waals surface area contributed by atoms with Crippen LogP contribution in [0.15, 0.2) is 59.6 Å². The number of carbonyl (C=O) groups excluding carboxylic acids is 1. The van der Waals surface area contributed by atoms with E-state index in [2.05, 4.69) is 10.3 Å². The monoisotopic (exact) mass is 401 g/mol. The molecule has 1 amide bonds. The Bertz CT molecular complexity index is 1150. The number of nitriles is 1. The summed E-state index contributed by atoms with van der Waals surface area (Å²) in [5.74, 6) is -0.390. The normalized spacial score (nSPS) is 10.2. The molecule has 6 nitrogen and oxygen atoms in total. The maximum atomic E-state index is 12.6. The van der Waals surface area contributed by atoms with Crippen molar-refractivity contribution < 1.29 is 4.79 Å². The summed E-state index contributed by atoms with van der Waals surface area (Å²) in [6.07, 6.45) is 3.34. The number of rotatable bonds is 5. The number of anilines is 2. The number of amides is 1. The van der Waals surface area contributed by atoms with E-state index in [4.69, 9.17) is 16.4 Å². The van der Waals surface area contributed by atoms with Crippen LogP contribution in [0.2, 0.25) is 0 Å². The van der Waals surface area contributed by atoms with Gasteiger partial charge in [-0.2, -0.15) is 5.26 Å². The third-order valence-corrected chi connectivity index (χ3v) is 5.09. The molecule has 0 atom stereocenters. The number of nitrogens with zero attached hydrogens (tertiary/aromatic N) is 2. The van der Waals surface area contributed by atoms with Crippen molar-refractivity contribution in [3.63, 3.8) is 0 Å². The van der Waals surface area contributed by atoms with E-state index >= 15 is 0 Å². The Morgan fingerprint density at radius 2 is 2.03 bits per heavy atom. The van der Waals surface area contributed by atoms with E-state index in [1.54, 1.807) is 43.0 Å². The number of benzene rings is 2. The van der Waals surface area contributed by atoms with Crippen molar-refractivity contribution in [1.82, 2.24) is 4.98 Å². The molecule has 1 heterocycles. The van der Waals surface area contributed by atoms with E-state index < -0.39 is 5.91 Å². The van der Waals surface area contributed by atoms with E-state index in [1.165, 1.54) is 6.20 Å². The van der Waals surface area contributed by atoms with Gasteiger partial charge in [0, 0.05) is 33.6 Å². The van der Waals surface area contributed by atoms with Crippen molar-refractivity contribution in [3.8, 4) is 6.07 Å². The van der Waals surface area contributed by atoms with Crippen molar-refractivity contribution in [2.45, 2.75) is 11.8 Å². The molecule has 0 fully saturated rings. The second kappa shape index (κ2) is 8.59. The van der Waals surface area contributed by atoms with Gasteiger partial charge in [0.1, 0.15) is 11.8 Å². The number of aromatic nitrogens is 1. The molecule has 3 rings (SSSR count). The highest BCUT2D eigenvalue weighted by Crippen LogP contribution is 2.24. The first-order valence-corrected chi connectivity index (χ1v) is 9.96. The average Bonchev–Trinajstić information content (AvgIpc) is 2.74. The van der Waals surface area contributed by atoms with Gasteiger partial charge in [-0.1, -0.05) is 12.1 Å². The van der Waals surface area contributed by atoms with Crippen LogP contribution in [0.5, 0.6) is 0 Å². The standard InChI is InChI=1S/C22H19N5OS/c1-13-8-14(11-23)12-26-21(13)22(28)27-16-6-7-19(24)18(10-16)20(25)15-4-3-5-17(9-15)29-2/h3-10,12,25H,24H2,1-2H3,(H,27,28). The SMILES string of the molecule is CSc1cccc(C(=N)c2cc(NC(=O)c3ncc(C#N)cc3C)ccc2N)c1. The van der Waals surface area contributed by atoms with Gasteiger partial charge in [0.15, 0.2) is 0 Å². The van der Waals surface area contributed by atoms with Crippen molar-refractivity contribution >= 4 is 34.8 Å². The molecule has 29 heavy (non-hydrogen) atoms. The molecule has 0 aliphatic rings. The van der Waals surface area contributed by atoms with E-state index in [0.717, 1.165) is 10.5 Å². The van der Waals surface area contributed by atoms with Gasteiger partial charge in [-0.3, -0.25) is 10.2 Å². The van der Waals surface area contributed by atoms with Crippen LogP contribution in [-0.4, -0.2) is 22.9 Å². The number of nitrogens with one attached hydrogen (secondary N) is 2. The number of nitrogens with two attached hydrogens (primary N) is 1. The lowest BCUT2D eigenvalue weighted by Crippen LogP contribution is -2.16. The average molecular weight is 401 g/mol. The Labute approximate surface area is 173 Å². The molecule has 4 N–H and O–H groups in total. The number of aryl methyl sites for hydroxylation is 1. The Balaban J connectivity index is 1.88. The van der Waals surface area contributed by atoms with E-state index in [9.17, 15) is 4.79 Å². The number of carbonyl (C=O) groups is 1. The van der Waals surface area contributed by atoms with Gasteiger partial charge >= 0.3 is 0 Å². The lowest BCUT2D eigenvalue weighted by atomic mass is 10.0. The van der Waals surface area contributed by atoms with Crippen LogP contribution in [0.1, 0.15) is 32.7 Å². The zero-order valence-electron chi connectivity index (χ0n) is 16.0. The van der Waals surface area contributed by atoms with Crippen molar-refractivity contribution in [2.24, 2.45) is 0 Å². The van der Waals surface area contributed by atoms with E-state index in [0.29, 0.717) is 28.1 Å². The molecular formula is C22H19N5OS. The van der Waals surface area contributed by atoms with Crippen molar-refractivity contribution in [1.29, 1.82) is 10.7 Å². The summed E-state index contributed by atoms with van der Waals surface area (Å²) in [7, 11) is 0. The summed E-state index contributed by atoms with van der Waals surface area (Å²) >= 11 is 1.60. The highest BCUT2D eigenvalue weighted by Gasteiger charge is 2.14. The zero-order valence-corrected chi connectivity index (χ0v) is 16.8. The fourth-order valence-corrected chi connectivity index (χ4v) is 3.31. The Morgan fingerprint density at radius 3 is 2.72 bits per heavy atom. The molecule has 2 aromatic carbocycles. The first kappa shape index (κ1) is 20.1. The maximum Gasteiger partial charge on any atom is 0.274 e. The largest absolute Gasteiger partial charge is 0.398 e. The predicted octanol–water partition coefficient (Wildman–Crippen LogP) is 4.23. The third-order valence-electron chi connectivity index (χ3n) is 4.36. The second-order valence-electron chi connectivity index (χ2n) is 6.36. The van der Waals surface area contributed by atoms with Crippen LogP contribution >= 0.6 is 11.8 Å². The van der Waals surface area contributed by atoms with Crippen LogP contribution in [0.3, 0.4) is 0 Å². The number of hydrogen-bond donors (Lipinski definition) is 3. The predicted molar refractivity (Wildman–Crippen MR) is 117 cm³/mol. The molecular weight excluding hydrogens is 382 g/mol. The molecule has 0 radical (unpaired) electrons. The van der Waals surface area contributed by atoms with Crippen molar-refractivity contribution in [2.75, 3.05) is 17.3 Å². The van der Waals surface area contributed by atoms with E-state index in [-0.39, 0.29) is 11.4 Å². The number of pyridine rings is 1. The number of thioether (sulfide) groups is 1.